The highest BCUT2D eigenvalue weighted by Crippen LogP contribution is 2.56. The van der Waals surface area contributed by atoms with Crippen LogP contribution in [0.15, 0.2) is 0 Å². The Morgan fingerprint density at radius 3 is 2.19 bits per heavy atom. The molecule has 0 aliphatic heterocycles. The monoisotopic (exact) mass is 227 g/mol. The van der Waals surface area contributed by atoms with Gasteiger partial charge in [0.05, 0.1) is 0 Å². The predicted octanol–water partition coefficient (Wildman–Crippen LogP) is 1.89. The van der Waals surface area contributed by atoms with Crippen molar-refractivity contribution < 1.29 is 14.7 Å². The molecule has 92 valence electrons. The van der Waals surface area contributed by atoms with Gasteiger partial charge in [0.1, 0.15) is 5.54 Å². The summed E-state index contributed by atoms with van der Waals surface area (Å²) in [6.07, 6.45) is 2.53. The number of nitrogens with zero attached hydrogens (tertiary/aromatic N) is 1. The van der Waals surface area contributed by atoms with E-state index in [4.69, 9.17) is 0 Å². The van der Waals surface area contributed by atoms with Crippen LogP contribution in [0.4, 0.5) is 0 Å². The Hall–Kier alpha value is -1.06. The first-order valence-corrected chi connectivity index (χ1v) is 5.81. The van der Waals surface area contributed by atoms with Crippen LogP contribution in [0.3, 0.4) is 0 Å². The fraction of sp³-hybridized carbons (Fsp3) is 0.833. The summed E-state index contributed by atoms with van der Waals surface area (Å²) >= 11 is 0. The van der Waals surface area contributed by atoms with Gasteiger partial charge in [0.25, 0.3) is 0 Å². The molecule has 1 amide bonds. The maximum atomic E-state index is 11.6. The number of carboxylic acids is 1. The second kappa shape index (κ2) is 4.07. The van der Waals surface area contributed by atoms with Crippen LogP contribution < -0.4 is 0 Å². The average molecular weight is 227 g/mol. The molecule has 16 heavy (non-hydrogen) atoms. The van der Waals surface area contributed by atoms with Gasteiger partial charge >= 0.3 is 5.97 Å². The number of amides is 1. The largest absolute Gasteiger partial charge is 0.479 e. The fourth-order valence-corrected chi connectivity index (χ4v) is 2.29. The van der Waals surface area contributed by atoms with Crippen molar-refractivity contribution in [3.05, 3.63) is 0 Å². The molecule has 1 N–H and O–H groups in total. The van der Waals surface area contributed by atoms with Gasteiger partial charge in [-0.3, -0.25) is 4.79 Å². The van der Waals surface area contributed by atoms with Gasteiger partial charge in [-0.1, -0.05) is 13.8 Å². The van der Waals surface area contributed by atoms with Crippen LogP contribution in [-0.4, -0.2) is 34.0 Å². The van der Waals surface area contributed by atoms with Crippen molar-refractivity contribution in [3.63, 3.8) is 0 Å². The molecule has 0 bridgehead atoms. The molecule has 0 radical (unpaired) electrons. The third kappa shape index (κ3) is 1.81. The second-order valence-electron chi connectivity index (χ2n) is 5.11. The molecule has 1 fully saturated rings. The lowest BCUT2D eigenvalue weighted by Crippen LogP contribution is -2.59. The third-order valence-corrected chi connectivity index (χ3v) is 3.96. The van der Waals surface area contributed by atoms with Gasteiger partial charge in [-0.05, 0) is 26.2 Å². The molecular formula is C12H21NO3. The molecule has 0 aromatic carbocycles. The van der Waals surface area contributed by atoms with E-state index in [1.807, 2.05) is 13.8 Å². The van der Waals surface area contributed by atoms with Gasteiger partial charge in [0.2, 0.25) is 5.91 Å². The zero-order chi connectivity index (χ0) is 12.6. The first-order valence-electron chi connectivity index (χ1n) is 5.81. The molecule has 0 heterocycles. The Bertz CT molecular complexity index is 309. The summed E-state index contributed by atoms with van der Waals surface area (Å²) in [6, 6.07) is 0. The number of rotatable bonds is 5. The second-order valence-corrected chi connectivity index (χ2v) is 5.11. The number of carboxylic acid groups (broad SMARTS) is 1. The number of hydrogen-bond donors (Lipinski definition) is 1. The summed E-state index contributed by atoms with van der Waals surface area (Å²) in [5.41, 5.74) is -1.32. The molecule has 4 heteroatoms. The van der Waals surface area contributed by atoms with Crippen molar-refractivity contribution in [2.45, 2.75) is 52.5 Å². The molecule has 4 nitrogen and oxygen atoms in total. The molecular weight excluding hydrogens is 206 g/mol. The van der Waals surface area contributed by atoms with Crippen molar-refractivity contribution in [2.75, 3.05) is 6.54 Å². The molecule has 1 unspecified atom stereocenters. The fourth-order valence-electron chi connectivity index (χ4n) is 2.29. The minimum absolute atomic E-state index is 0.153. The van der Waals surface area contributed by atoms with Crippen molar-refractivity contribution >= 4 is 11.9 Å². The van der Waals surface area contributed by atoms with E-state index in [-0.39, 0.29) is 11.3 Å². The highest BCUT2D eigenvalue weighted by atomic mass is 16.4. The lowest BCUT2D eigenvalue weighted by atomic mass is 9.81. The van der Waals surface area contributed by atoms with E-state index in [0.717, 1.165) is 19.3 Å². The third-order valence-electron chi connectivity index (χ3n) is 3.96. The van der Waals surface area contributed by atoms with Crippen LogP contribution in [0.5, 0.6) is 0 Å². The van der Waals surface area contributed by atoms with Crippen LogP contribution in [0.1, 0.15) is 47.0 Å². The van der Waals surface area contributed by atoms with Crippen LogP contribution in [-0.2, 0) is 9.59 Å². The molecule has 1 atom stereocenters. The molecule has 1 aliphatic rings. The van der Waals surface area contributed by atoms with Gasteiger partial charge in [-0.15, -0.1) is 0 Å². The SMILES string of the molecule is CCCN(C(C)=O)C(C)(C(=O)O)C1(C)CC1. The average Bonchev–Trinajstić information content (AvgIpc) is 2.92. The molecule has 1 saturated carbocycles. The van der Waals surface area contributed by atoms with Crippen LogP contribution in [0.2, 0.25) is 0 Å². The Balaban J connectivity index is 3.08. The zero-order valence-electron chi connectivity index (χ0n) is 10.5. The molecule has 0 saturated heterocycles. The maximum Gasteiger partial charge on any atom is 0.329 e. The predicted molar refractivity (Wildman–Crippen MR) is 61.1 cm³/mol. The van der Waals surface area contributed by atoms with E-state index in [9.17, 15) is 14.7 Å². The highest BCUT2D eigenvalue weighted by Gasteiger charge is 2.61. The van der Waals surface area contributed by atoms with E-state index in [1.165, 1.54) is 11.8 Å². The van der Waals surface area contributed by atoms with Crippen molar-refractivity contribution in [1.82, 2.24) is 4.90 Å². The number of aliphatic carboxylic acids is 1. The Morgan fingerprint density at radius 2 is 1.94 bits per heavy atom. The smallest absolute Gasteiger partial charge is 0.329 e. The summed E-state index contributed by atoms with van der Waals surface area (Å²) in [7, 11) is 0. The number of hydrogen-bond acceptors (Lipinski definition) is 2. The molecule has 0 spiro atoms. The minimum Gasteiger partial charge on any atom is -0.479 e. The van der Waals surface area contributed by atoms with Crippen molar-refractivity contribution in [3.8, 4) is 0 Å². The zero-order valence-corrected chi connectivity index (χ0v) is 10.5. The molecule has 0 aromatic rings. The Kier molecular flexibility index (Phi) is 3.31. The molecule has 0 aromatic heterocycles. The van der Waals surface area contributed by atoms with Gasteiger partial charge in [0, 0.05) is 18.9 Å². The lowest BCUT2D eigenvalue weighted by molar-refractivity contribution is -0.162. The van der Waals surface area contributed by atoms with E-state index >= 15 is 0 Å². The van der Waals surface area contributed by atoms with Crippen LogP contribution >= 0.6 is 0 Å². The van der Waals surface area contributed by atoms with Crippen LogP contribution in [0, 0.1) is 5.41 Å². The van der Waals surface area contributed by atoms with Crippen molar-refractivity contribution in [1.29, 1.82) is 0 Å². The van der Waals surface area contributed by atoms with Crippen molar-refractivity contribution in [2.24, 2.45) is 5.41 Å². The molecule has 1 rings (SSSR count). The maximum absolute atomic E-state index is 11.6. The minimum atomic E-state index is -1.06. The standard InChI is InChI=1S/C12H21NO3/c1-5-8-13(9(2)14)12(4,10(15)16)11(3)6-7-11/h5-8H2,1-4H3,(H,15,16). The van der Waals surface area contributed by atoms with E-state index in [1.54, 1.807) is 6.92 Å². The summed E-state index contributed by atoms with van der Waals surface area (Å²) in [5.74, 6) is -1.05. The van der Waals surface area contributed by atoms with E-state index < -0.39 is 11.5 Å². The normalized spacial score (nSPS) is 21.0. The van der Waals surface area contributed by atoms with E-state index in [2.05, 4.69) is 0 Å². The van der Waals surface area contributed by atoms with E-state index in [0.29, 0.717) is 6.54 Å². The Labute approximate surface area is 96.6 Å². The van der Waals surface area contributed by atoms with Gasteiger partial charge < -0.3 is 10.0 Å². The highest BCUT2D eigenvalue weighted by molar-refractivity contribution is 5.87. The van der Waals surface area contributed by atoms with Gasteiger partial charge in [-0.25, -0.2) is 4.79 Å². The quantitative estimate of drug-likeness (QED) is 0.780. The number of carbonyl (C=O) groups excluding carboxylic acids is 1. The summed E-state index contributed by atoms with van der Waals surface area (Å²) in [4.78, 5) is 24.7. The summed E-state index contributed by atoms with van der Waals surface area (Å²) < 4.78 is 0. The lowest BCUT2D eigenvalue weighted by Gasteiger charge is -2.42. The summed E-state index contributed by atoms with van der Waals surface area (Å²) in [6.45, 7) is 7.54. The van der Waals surface area contributed by atoms with Gasteiger partial charge in [0.15, 0.2) is 0 Å². The summed E-state index contributed by atoms with van der Waals surface area (Å²) in [5, 5.41) is 9.46. The Morgan fingerprint density at radius 1 is 1.44 bits per heavy atom. The first-order chi connectivity index (χ1) is 7.29. The number of carbonyl (C=O) groups is 2. The van der Waals surface area contributed by atoms with Crippen LogP contribution in [0.25, 0.3) is 0 Å². The van der Waals surface area contributed by atoms with Gasteiger partial charge in [-0.2, -0.15) is 0 Å². The topological polar surface area (TPSA) is 57.6 Å². The first kappa shape index (κ1) is 13.0. The molecule has 1 aliphatic carbocycles.